The second-order valence-corrected chi connectivity index (χ2v) is 8.75. The summed E-state index contributed by atoms with van der Waals surface area (Å²) in [4.78, 5) is 6.85. The van der Waals surface area contributed by atoms with Crippen LogP contribution in [0, 0.1) is 0 Å². The number of benzene rings is 2. The van der Waals surface area contributed by atoms with Crippen molar-refractivity contribution in [1.29, 1.82) is 0 Å². The summed E-state index contributed by atoms with van der Waals surface area (Å²) in [5.41, 5.74) is 2.21. The van der Waals surface area contributed by atoms with Crippen molar-refractivity contribution in [1.82, 2.24) is 4.98 Å². The molecule has 7 heteroatoms. The highest BCUT2D eigenvalue weighted by molar-refractivity contribution is 7.93. The minimum Gasteiger partial charge on any atom is -0.492 e. The van der Waals surface area contributed by atoms with Gasteiger partial charge in [-0.3, -0.25) is 9.71 Å². The van der Waals surface area contributed by atoms with Crippen molar-refractivity contribution in [2.75, 3.05) is 29.3 Å². The number of piperidine rings is 1. The molecule has 0 aliphatic carbocycles. The molecule has 1 saturated heterocycles. The first kappa shape index (κ1) is 19.5. The van der Waals surface area contributed by atoms with Crippen LogP contribution in [0.2, 0.25) is 0 Å². The van der Waals surface area contributed by atoms with Crippen molar-refractivity contribution < 1.29 is 13.2 Å². The third-order valence-corrected chi connectivity index (χ3v) is 6.56. The number of sulfonamides is 1. The van der Waals surface area contributed by atoms with Crippen LogP contribution < -0.4 is 14.4 Å². The average molecular weight is 412 g/mol. The molecule has 152 valence electrons. The van der Waals surface area contributed by atoms with E-state index in [2.05, 4.69) is 14.6 Å². The molecule has 1 aliphatic rings. The lowest BCUT2D eigenvalue weighted by molar-refractivity contribution is 0.343. The van der Waals surface area contributed by atoms with Gasteiger partial charge in [-0.2, -0.15) is 0 Å². The molecule has 29 heavy (non-hydrogen) atoms. The molecule has 0 amide bonds. The summed E-state index contributed by atoms with van der Waals surface area (Å²) in [6, 6.07) is 14.3. The van der Waals surface area contributed by atoms with Gasteiger partial charge in [-0.1, -0.05) is 0 Å². The van der Waals surface area contributed by atoms with Gasteiger partial charge < -0.3 is 9.64 Å². The number of hydrogen-bond acceptors (Lipinski definition) is 5. The zero-order valence-electron chi connectivity index (χ0n) is 16.5. The summed E-state index contributed by atoms with van der Waals surface area (Å²) in [7, 11) is -3.77. The molecule has 1 fully saturated rings. The highest BCUT2D eigenvalue weighted by Crippen LogP contribution is 2.31. The number of pyridine rings is 1. The number of nitrogens with zero attached hydrogens (tertiary/aromatic N) is 2. The van der Waals surface area contributed by atoms with E-state index in [1.54, 1.807) is 30.5 Å². The molecule has 0 spiro atoms. The SMILES string of the molecule is CCOc1ccc(S(=O)(=O)Nc2ccc(N3CCCCC3)cc2)c2cccnc12. The number of aromatic nitrogens is 1. The summed E-state index contributed by atoms with van der Waals surface area (Å²) in [6.45, 7) is 4.47. The smallest absolute Gasteiger partial charge is 0.262 e. The zero-order valence-corrected chi connectivity index (χ0v) is 17.3. The van der Waals surface area contributed by atoms with Gasteiger partial charge in [0.25, 0.3) is 10.0 Å². The lowest BCUT2D eigenvalue weighted by atomic mass is 10.1. The predicted octanol–water partition coefficient (Wildman–Crippen LogP) is 4.42. The summed E-state index contributed by atoms with van der Waals surface area (Å²) in [6.07, 6.45) is 5.31. The van der Waals surface area contributed by atoms with Crippen LogP contribution in [0.3, 0.4) is 0 Å². The second-order valence-electron chi connectivity index (χ2n) is 7.09. The monoisotopic (exact) mass is 411 g/mol. The molecule has 6 nitrogen and oxygen atoms in total. The quantitative estimate of drug-likeness (QED) is 0.650. The van der Waals surface area contributed by atoms with Gasteiger partial charge in [0.2, 0.25) is 0 Å². The third-order valence-electron chi connectivity index (χ3n) is 5.12. The average Bonchev–Trinajstić information content (AvgIpc) is 2.75. The van der Waals surface area contributed by atoms with E-state index >= 15 is 0 Å². The number of rotatable bonds is 6. The summed E-state index contributed by atoms with van der Waals surface area (Å²) in [5.74, 6) is 0.577. The Morgan fingerprint density at radius 2 is 1.79 bits per heavy atom. The Morgan fingerprint density at radius 3 is 2.52 bits per heavy atom. The van der Waals surface area contributed by atoms with Crippen LogP contribution in [0.4, 0.5) is 11.4 Å². The van der Waals surface area contributed by atoms with Crippen LogP contribution in [0.1, 0.15) is 26.2 Å². The van der Waals surface area contributed by atoms with Crippen molar-refractivity contribution in [2.24, 2.45) is 0 Å². The number of nitrogens with one attached hydrogen (secondary N) is 1. The highest BCUT2D eigenvalue weighted by atomic mass is 32.2. The first-order valence-electron chi connectivity index (χ1n) is 9.97. The van der Waals surface area contributed by atoms with Gasteiger partial charge in [0.15, 0.2) is 0 Å². The Bertz CT molecular complexity index is 1090. The fraction of sp³-hybridized carbons (Fsp3) is 0.318. The number of ether oxygens (including phenoxy) is 1. The van der Waals surface area contributed by atoms with Crippen molar-refractivity contribution in [3.63, 3.8) is 0 Å². The largest absolute Gasteiger partial charge is 0.492 e. The van der Waals surface area contributed by atoms with E-state index in [0.29, 0.717) is 28.9 Å². The van der Waals surface area contributed by atoms with E-state index in [0.717, 1.165) is 18.8 Å². The fourth-order valence-corrected chi connectivity index (χ4v) is 4.99. The molecule has 4 rings (SSSR count). The van der Waals surface area contributed by atoms with Gasteiger partial charge in [-0.05, 0) is 74.7 Å². The lowest BCUT2D eigenvalue weighted by Gasteiger charge is -2.28. The van der Waals surface area contributed by atoms with E-state index in [1.165, 1.54) is 19.3 Å². The summed E-state index contributed by atoms with van der Waals surface area (Å²) < 4.78 is 34.4. The normalized spacial score (nSPS) is 14.7. The highest BCUT2D eigenvalue weighted by Gasteiger charge is 2.20. The Hall–Kier alpha value is -2.80. The second kappa shape index (κ2) is 8.29. The van der Waals surface area contributed by atoms with Crippen LogP contribution in [-0.2, 0) is 10.0 Å². The van der Waals surface area contributed by atoms with Crippen LogP contribution in [0.15, 0.2) is 59.6 Å². The van der Waals surface area contributed by atoms with Gasteiger partial charge in [0.1, 0.15) is 11.3 Å². The van der Waals surface area contributed by atoms with Gasteiger partial charge in [-0.15, -0.1) is 0 Å². The van der Waals surface area contributed by atoms with Gasteiger partial charge in [0.05, 0.1) is 11.5 Å². The molecule has 2 heterocycles. The Balaban J connectivity index is 1.61. The molecule has 0 bridgehead atoms. The molecular formula is C22H25N3O3S. The Labute approximate surface area is 171 Å². The molecule has 2 aromatic carbocycles. The molecule has 1 N–H and O–H groups in total. The van der Waals surface area contributed by atoms with Crippen molar-refractivity contribution in [3.05, 3.63) is 54.7 Å². The van der Waals surface area contributed by atoms with Crippen molar-refractivity contribution in [3.8, 4) is 5.75 Å². The minimum atomic E-state index is -3.77. The van der Waals surface area contributed by atoms with Crippen LogP contribution in [0.5, 0.6) is 5.75 Å². The minimum absolute atomic E-state index is 0.184. The molecule has 0 unspecified atom stereocenters. The number of anilines is 2. The van der Waals surface area contributed by atoms with Crippen LogP contribution in [0.25, 0.3) is 10.9 Å². The van der Waals surface area contributed by atoms with E-state index in [1.807, 2.05) is 31.2 Å². The van der Waals surface area contributed by atoms with Crippen molar-refractivity contribution in [2.45, 2.75) is 31.1 Å². The van der Waals surface area contributed by atoms with Gasteiger partial charge in [0, 0.05) is 36.0 Å². The van der Waals surface area contributed by atoms with Crippen molar-refractivity contribution >= 4 is 32.3 Å². The maximum atomic E-state index is 13.1. The standard InChI is InChI=1S/C22H25N3O3S/c1-2-28-20-12-13-21(19-7-6-14-23-22(19)20)29(26,27)24-17-8-10-18(11-9-17)25-15-4-3-5-16-25/h6-14,24H,2-5,15-16H2,1H3. The molecular weight excluding hydrogens is 386 g/mol. The molecule has 0 saturated carbocycles. The van der Waals surface area contributed by atoms with E-state index in [4.69, 9.17) is 4.74 Å². The Morgan fingerprint density at radius 1 is 1.03 bits per heavy atom. The summed E-state index contributed by atoms with van der Waals surface area (Å²) in [5, 5.41) is 0.538. The summed E-state index contributed by atoms with van der Waals surface area (Å²) >= 11 is 0. The molecule has 0 radical (unpaired) electrons. The van der Waals surface area contributed by atoms with E-state index in [9.17, 15) is 8.42 Å². The van der Waals surface area contributed by atoms with Crippen LogP contribution >= 0.6 is 0 Å². The molecule has 1 aliphatic heterocycles. The van der Waals surface area contributed by atoms with Gasteiger partial charge >= 0.3 is 0 Å². The van der Waals surface area contributed by atoms with Gasteiger partial charge in [-0.25, -0.2) is 8.42 Å². The number of fused-ring (bicyclic) bond motifs is 1. The van der Waals surface area contributed by atoms with E-state index in [-0.39, 0.29) is 4.90 Å². The Kier molecular flexibility index (Phi) is 5.58. The lowest BCUT2D eigenvalue weighted by Crippen LogP contribution is -2.29. The third kappa shape index (κ3) is 4.15. The zero-order chi connectivity index (χ0) is 20.3. The van der Waals surface area contributed by atoms with E-state index < -0.39 is 10.0 Å². The molecule has 0 atom stereocenters. The molecule has 3 aromatic rings. The molecule has 1 aromatic heterocycles. The first-order valence-corrected chi connectivity index (χ1v) is 11.4. The predicted molar refractivity (Wildman–Crippen MR) is 116 cm³/mol. The maximum absolute atomic E-state index is 13.1. The topological polar surface area (TPSA) is 71.5 Å². The maximum Gasteiger partial charge on any atom is 0.262 e. The first-order chi connectivity index (χ1) is 14.1. The number of hydrogen-bond donors (Lipinski definition) is 1. The fourth-order valence-electron chi connectivity index (χ4n) is 3.73. The van der Waals surface area contributed by atoms with Crippen LogP contribution in [-0.4, -0.2) is 33.1 Å².